The molecule has 0 unspecified atom stereocenters. The van der Waals surface area contributed by atoms with Gasteiger partial charge in [-0.3, -0.25) is 4.98 Å². The monoisotopic (exact) mass is 503 g/mol. The number of nitrogens with zero attached hydrogens (tertiary/aromatic N) is 4. The maximum absolute atomic E-state index is 5.84. The van der Waals surface area contributed by atoms with Gasteiger partial charge in [0.05, 0.1) is 17.8 Å². The zero-order chi connectivity index (χ0) is 22.2. The fraction of sp³-hybridized carbons (Fsp3) is 0.160. The van der Waals surface area contributed by atoms with Crippen molar-refractivity contribution in [3.8, 4) is 5.82 Å². The molecule has 160 valence electrons. The Hall–Kier alpha value is -3.03. The third-order valence-electron chi connectivity index (χ3n) is 5.87. The van der Waals surface area contributed by atoms with Gasteiger partial charge in [-0.1, -0.05) is 28.1 Å². The summed E-state index contributed by atoms with van der Waals surface area (Å²) in [6.07, 6.45) is 3.65. The van der Waals surface area contributed by atoms with Gasteiger partial charge < -0.3 is 14.8 Å². The van der Waals surface area contributed by atoms with Gasteiger partial charge >= 0.3 is 0 Å². The first-order valence-corrected chi connectivity index (χ1v) is 11.6. The molecule has 0 radical (unpaired) electrons. The maximum Gasteiger partial charge on any atom is 0.174 e. The molecule has 1 aromatic carbocycles. The third kappa shape index (κ3) is 3.61. The number of rotatable bonds is 4. The van der Waals surface area contributed by atoms with Crippen LogP contribution in [0.1, 0.15) is 34.7 Å². The number of aryl methyl sites for hydroxylation is 1. The maximum atomic E-state index is 5.84. The van der Waals surface area contributed by atoms with Crippen LogP contribution in [-0.2, 0) is 0 Å². The zero-order valence-corrected chi connectivity index (χ0v) is 20.1. The highest BCUT2D eigenvalue weighted by Crippen LogP contribution is 2.43. The van der Waals surface area contributed by atoms with E-state index in [0.717, 1.165) is 33.1 Å². The van der Waals surface area contributed by atoms with Crippen LogP contribution in [0.25, 0.3) is 5.82 Å². The Bertz CT molecular complexity index is 1260. The second-order valence-corrected chi connectivity index (χ2v) is 9.13. The lowest BCUT2D eigenvalue weighted by atomic mass is 9.96. The second-order valence-electron chi connectivity index (χ2n) is 7.82. The molecule has 1 aliphatic rings. The average Bonchev–Trinajstić information content (AvgIpc) is 3.31. The molecule has 3 aromatic heterocycles. The van der Waals surface area contributed by atoms with Crippen LogP contribution >= 0.6 is 28.1 Å². The standard InChI is InChI=1S/C25H22BrN5S/c1-16-15-20(17(2)30(16)22-8-4-6-14-28-22)24-23(21-7-3-5-13-27-21)29-25(32)31(24)19-11-9-18(26)10-12-19/h3-15,23-24H,1-2H3,(H,29,32)/t23-,24-/m1/s1. The lowest BCUT2D eigenvalue weighted by Gasteiger charge is -2.28. The number of hydrogen-bond acceptors (Lipinski definition) is 3. The van der Waals surface area contributed by atoms with E-state index in [1.165, 1.54) is 5.56 Å². The number of pyridine rings is 2. The lowest BCUT2D eigenvalue weighted by molar-refractivity contribution is 0.565. The number of aromatic nitrogens is 3. The van der Waals surface area contributed by atoms with Crippen LogP contribution in [0.4, 0.5) is 5.69 Å². The first kappa shape index (κ1) is 20.8. The predicted molar refractivity (Wildman–Crippen MR) is 135 cm³/mol. The van der Waals surface area contributed by atoms with E-state index in [-0.39, 0.29) is 12.1 Å². The largest absolute Gasteiger partial charge is 0.351 e. The zero-order valence-electron chi connectivity index (χ0n) is 17.7. The summed E-state index contributed by atoms with van der Waals surface area (Å²) in [6, 6.07) is 22.4. The first-order valence-electron chi connectivity index (χ1n) is 10.4. The molecule has 1 aliphatic heterocycles. The van der Waals surface area contributed by atoms with Crippen molar-refractivity contribution in [2.75, 3.05) is 4.90 Å². The molecular weight excluding hydrogens is 482 g/mol. The van der Waals surface area contributed by atoms with Crippen molar-refractivity contribution in [2.45, 2.75) is 25.9 Å². The Morgan fingerprint density at radius 3 is 2.31 bits per heavy atom. The summed E-state index contributed by atoms with van der Waals surface area (Å²) in [5, 5.41) is 4.23. The number of anilines is 1. The van der Waals surface area contributed by atoms with E-state index in [0.29, 0.717) is 5.11 Å². The van der Waals surface area contributed by atoms with Crippen molar-refractivity contribution in [2.24, 2.45) is 0 Å². The Morgan fingerprint density at radius 2 is 1.66 bits per heavy atom. The molecule has 2 atom stereocenters. The van der Waals surface area contributed by atoms with Gasteiger partial charge in [-0.2, -0.15) is 0 Å². The summed E-state index contributed by atoms with van der Waals surface area (Å²) in [5.74, 6) is 0.909. The molecule has 0 bridgehead atoms. The number of hydrogen-bond donors (Lipinski definition) is 1. The van der Waals surface area contributed by atoms with Crippen LogP contribution in [0.3, 0.4) is 0 Å². The Kier molecular flexibility index (Phi) is 5.53. The quantitative estimate of drug-likeness (QED) is 0.355. The van der Waals surface area contributed by atoms with Crippen LogP contribution < -0.4 is 10.2 Å². The van der Waals surface area contributed by atoms with Gasteiger partial charge in [-0.25, -0.2) is 4.98 Å². The molecule has 4 aromatic rings. The van der Waals surface area contributed by atoms with Crippen LogP contribution in [0.2, 0.25) is 0 Å². The topological polar surface area (TPSA) is 46.0 Å². The fourth-order valence-corrected chi connectivity index (χ4v) is 5.09. The average molecular weight is 504 g/mol. The molecular formula is C25H22BrN5S. The number of halogens is 1. The number of nitrogens with one attached hydrogen (secondary N) is 1. The lowest BCUT2D eigenvalue weighted by Crippen LogP contribution is -2.29. The minimum absolute atomic E-state index is 0.0535. The van der Waals surface area contributed by atoms with Crippen LogP contribution in [0.15, 0.2) is 83.6 Å². The van der Waals surface area contributed by atoms with Gasteiger partial charge in [-0.05, 0) is 86.2 Å². The van der Waals surface area contributed by atoms with Gasteiger partial charge in [-0.15, -0.1) is 0 Å². The molecule has 1 saturated heterocycles. The second kappa shape index (κ2) is 8.48. The molecule has 4 heterocycles. The van der Waals surface area contributed by atoms with E-state index in [2.05, 4.69) is 78.8 Å². The Labute approximate surface area is 201 Å². The molecule has 0 amide bonds. The highest BCUT2D eigenvalue weighted by molar-refractivity contribution is 9.10. The highest BCUT2D eigenvalue weighted by Gasteiger charge is 2.42. The smallest absolute Gasteiger partial charge is 0.174 e. The van der Waals surface area contributed by atoms with Crippen molar-refractivity contribution in [1.82, 2.24) is 19.9 Å². The molecule has 0 saturated carbocycles. The SMILES string of the molecule is Cc1cc([C@@H]2[C@@H](c3ccccn3)NC(=S)N2c2ccc(Br)cc2)c(C)n1-c1ccccn1. The highest BCUT2D eigenvalue weighted by atomic mass is 79.9. The Balaban J connectivity index is 1.68. The van der Waals surface area contributed by atoms with E-state index < -0.39 is 0 Å². The van der Waals surface area contributed by atoms with Crippen molar-refractivity contribution in [3.05, 3.63) is 106 Å². The van der Waals surface area contributed by atoms with Crippen molar-refractivity contribution < 1.29 is 0 Å². The van der Waals surface area contributed by atoms with Gasteiger partial charge in [0.15, 0.2) is 5.11 Å². The van der Waals surface area contributed by atoms with Crippen LogP contribution in [0.5, 0.6) is 0 Å². The van der Waals surface area contributed by atoms with Crippen molar-refractivity contribution in [3.63, 3.8) is 0 Å². The third-order valence-corrected chi connectivity index (χ3v) is 6.71. The summed E-state index contributed by atoms with van der Waals surface area (Å²) in [5.41, 5.74) is 5.46. The van der Waals surface area contributed by atoms with Gasteiger partial charge in [0.2, 0.25) is 0 Å². The molecule has 1 fully saturated rings. The van der Waals surface area contributed by atoms with Gasteiger partial charge in [0, 0.05) is 33.9 Å². The molecule has 1 N–H and O–H groups in total. The minimum Gasteiger partial charge on any atom is -0.351 e. The summed E-state index contributed by atoms with van der Waals surface area (Å²) >= 11 is 9.38. The van der Waals surface area contributed by atoms with Crippen LogP contribution in [-0.4, -0.2) is 19.6 Å². The number of benzene rings is 1. The normalized spacial score (nSPS) is 18.1. The van der Waals surface area contributed by atoms with E-state index in [9.17, 15) is 0 Å². The fourth-order valence-electron chi connectivity index (χ4n) is 4.48. The molecule has 7 heteroatoms. The Morgan fingerprint density at radius 1 is 0.938 bits per heavy atom. The van der Waals surface area contributed by atoms with E-state index in [1.54, 1.807) is 0 Å². The summed E-state index contributed by atoms with van der Waals surface area (Å²) in [6.45, 7) is 4.26. The summed E-state index contributed by atoms with van der Waals surface area (Å²) in [7, 11) is 0. The van der Waals surface area contributed by atoms with E-state index in [1.807, 2.05) is 54.9 Å². The molecule has 5 nitrogen and oxygen atoms in total. The van der Waals surface area contributed by atoms with Crippen molar-refractivity contribution >= 4 is 38.9 Å². The van der Waals surface area contributed by atoms with Crippen molar-refractivity contribution in [1.29, 1.82) is 0 Å². The van der Waals surface area contributed by atoms with Crippen LogP contribution in [0, 0.1) is 13.8 Å². The molecule has 0 aliphatic carbocycles. The van der Waals surface area contributed by atoms with Gasteiger partial charge in [0.25, 0.3) is 0 Å². The first-order chi connectivity index (χ1) is 15.5. The summed E-state index contributed by atoms with van der Waals surface area (Å²) in [4.78, 5) is 11.4. The molecule has 0 spiro atoms. The molecule has 5 rings (SSSR count). The number of thiocarbonyl (C=S) groups is 1. The predicted octanol–water partition coefficient (Wildman–Crippen LogP) is 5.82. The van der Waals surface area contributed by atoms with E-state index in [4.69, 9.17) is 12.2 Å². The van der Waals surface area contributed by atoms with E-state index >= 15 is 0 Å². The minimum atomic E-state index is -0.0787. The molecule has 32 heavy (non-hydrogen) atoms. The van der Waals surface area contributed by atoms with Gasteiger partial charge in [0.1, 0.15) is 5.82 Å². The summed E-state index contributed by atoms with van der Waals surface area (Å²) < 4.78 is 3.23.